The van der Waals surface area contributed by atoms with E-state index in [9.17, 15) is 0 Å². The van der Waals surface area contributed by atoms with Crippen LogP contribution in [0.3, 0.4) is 0 Å². The summed E-state index contributed by atoms with van der Waals surface area (Å²) in [5.41, 5.74) is 0. The predicted octanol–water partition coefficient (Wildman–Crippen LogP) is 1.70. The molecule has 0 aliphatic heterocycles. The van der Waals surface area contributed by atoms with Crippen LogP contribution in [0.15, 0.2) is 12.4 Å². The molecule has 0 aliphatic carbocycles. The maximum atomic E-state index is 8.74. The number of imidazole rings is 1. The van der Waals surface area contributed by atoms with Crippen LogP contribution >= 0.6 is 11.8 Å². The molecule has 1 aromatic heterocycles. The number of thioether (sulfide) groups is 1. The van der Waals surface area contributed by atoms with Gasteiger partial charge in [-0.1, -0.05) is 6.92 Å². The monoisotopic (exact) mass is 214 g/mol. The Morgan fingerprint density at radius 2 is 2.43 bits per heavy atom. The summed E-state index contributed by atoms with van der Waals surface area (Å²) in [4.78, 5) is 4.16. The second kappa shape index (κ2) is 6.09. The van der Waals surface area contributed by atoms with Gasteiger partial charge in [-0.3, -0.25) is 0 Å². The zero-order valence-corrected chi connectivity index (χ0v) is 9.63. The van der Waals surface area contributed by atoms with Crippen LogP contribution in [0.1, 0.15) is 19.2 Å². The van der Waals surface area contributed by atoms with Crippen molar-refractivity contribution in [3.8, 4) is 0 Å². The summed E-state index contributed by atoms with van der Waals surface area (Å²) >= 11 is 1.90. The Balaban J connectivity index is 2.19. The van der Waals surface area contributed by atoms with Crippen molar-refractivity contribution in [1.29, 1.82) is 0 Å². The quantitative estimate of drug-likeness (QED) is 0.783. The minimum atomic E-state index is 0.290. The van der Waals surface area contributed by atoms with Crippen molar-refractivity contribution in [2.24, 2.45) is 0 Å². The number of aliphatic hydroxyl groups excluding tert-OH is 1. The highest BCUT2D eigenvalue weighted by atomic mass is 32.2. The fourth-order valence-electron chi connectivity index (χ4n) is 1.26. The van der Waals surface area contributed by atoms with E-state index in [2.05, 4.69) is 16.5 Å². The van der Waals surface area contributed by atoms with E-state index in [0.717, 1.165) is 24.5 Å². The fraction of sp³-hybridized carbons (Fsp3) is 0.700. The maximum Gasteiger partial charge on any atom is 0.105 e. The molecule has 0 saturated heterocycles. The molecule has 0 aromatic carbocycles. The van der Waals surface area contributed by atoms with Crippen LogP contribution < -0.4 is 0 Å². The number of aromatic nitrogens is 2. The molecule has 1 rings (SSSR count). The van der Waals surface area contributed by atoms with Crippen molar-refractivity contribution in [3.63, 3.8) is 0 Å². The van der Waals surface area contributed by atoms with Crippen LogP contribution in [0.4, 0.5) is 0 Å². The summed E-state index contributed by atoms with van der Waals surface area (Å²) in [6.07, 6.45) is 4.72. The molecule has 1 heterocycles. The van der Waals surface area contributed by atoms with Gasteiger partial charge in [0, 0.05) is 36.5 Å². The fourth-order valence-corrected chi connectivity index (χ4v) is 2.23. The lowest BCUT2D eigenvalue weighted by molar-refractivity contribution is 0.289. The van der Waals surface area contributed by atoms with Crippen LogP contribution in [0.2, 0.25) is 0 Å². The molecule has 0 aliphatic rings. The first kappa shape index (κ1) is 11.6. The van der Waals surface area contributed by atoms with E-state index >= 15 is 0 Å². The Hall–Kier alpha value is -0.480. The van der Waals surface area contributed by atoms with Gasteiger partial charge in [-0.25, -0.2) is 4.98 Å². The molecule has 14 heavy (non-hydrogen) atoms. The molecular formula is C10H18N2OS. The number of aliphatic hydroxyl groups is 1. The molecule has 4 heteroatoms. The first-order chi connectivity index (χ1) is 6.74. The van der Waals surface area contributed by atoms with Crippen molar-refractivity contribution >= 4 is 11.8 Å². The molecular weight excluding hydrogens is 196 g/mol. The zero-order valence-electron chi connectivity index (χ0n) is 8.81. The number of rotatable bonds is 6. The second-order valence-corrected chi connectivity index (χ2v) is 4.91. The molecule has 0 saturated carbocycles. The van der Waals surface area contributed by atoms with Crippen molar-refractivity contribution in [2.75, 3.05) is 12.4 Å². The van der Waals surface area contributed by atoms with Gasteiger partial charge in [-0.05, 0) is 13.3 Å². The van der Waals surface area contributed by atoms with Gasteiger partial charge in [0.25, 0.3) is 0 Å². The van der Waals surface area contributed by atoms with E-state index in [1.165, 1.54) is 0 Å². The minimum absolute atomic E-state index is 0.290. The molecule has 0 fully saturated rings. The van der Waals surface area contributed by atoms with Crippen molar-refractivity contribution in [2.45, 2.75) is 32.1 Å². The molecule has 1 atom stereocenters. The first-order valence-corrected chi connectivity index (χ1v) is 5.99. The van der Waals surface area contributed by atoms with Crippen molar-refractivity contribution < 1.29 is 5.11 Å². The Morgan fingerprint density at radius 3 is 3.00 bits per heavy atom. The molecule has 0 bridgehead atoms. The van der Waals surface area contributed by atoms with Gasteiger partial charge in [-0.2, -0.15) is 11.8 Å². The largest absolute Gasteiger partial charge is 0.396 e. The molecule has 3 nitrogen and oxygen atoms in total. The molecule has 0 radical (unpaired) electrons. The summed E-state index contributed by atoms with van der Waals surface area (Å²) < 4.78 is 2.15. The van der Waals surface area contributed by atoms with E-state index < -0.39 is 0 Å². The molecule has 1 N–H and O–H groups in total. The van der Waals surface area contributed by atoms with E-state index in [4.69, 9.17) is 5.11 Å². The van der Waals surface area contributed by atoms with E-state index in [1.807, 2.05) is 31.1 Å². The second-order valence-electron chi connectivity index (χ2n) is 3.36. The Bertz CT molecular complexity index is 262. The summed E-state index contributed by atoms with van der Waals surface area (Å²) in [7, 11) is 0. The highest BCUT2D eigenvalue weighted by molar-refractivity contribution is 7.99. The third-order valence-corrected chi connectivity index (χ3v) is 3.42. The third-order valence-electron chi connectivity index (χ3n) is 2.19. The van der Waals surface area contributed by atoms with Crippen LogP contribution in [-0.2, 0) is 6.54 Å². The van der Waals surface area contributed by atoms with Gasteiger partial charge in [0.15, 0.2) is 0 Å². The highest BCUT2D eigenvalue weighted by Gasteiger charge is 2.02. The lowest BCUT2D eigenvalue weighted by atomic mass is 10.3. The minimum Gasteiger partial charge on any atom is -0.396 e. The van der Waals surface area contributed by atoms with Gasteiger partial charge in [0.2, 0.25) is 0 Å². The van der Waals surface area contributed by atoms with Crippen LogP contribution in [0.5, 0.6) is 0 Å². The zero-order chi connectivity index (χ0) is 10.4. The Kier molecular flexibility index (Phi) is 5.04. The average Bonchev–Trinajstić information content (AvgIpc) is 2.52. The SMILES string of the molecule is Cc1nccn1CCSC(C)CCO. The van der Waals surface area contributed by atoms with Gasteiger partial charge in [0.1, 0.15) is 5.82 Å². The van der Waals surface area contributed by atoms with Crippen LogP contribution in [0.25, 0.3) is 0 Å². The number of nitrogens with zero attached hydrogens (tertiary/aromatic N) is 2. The number of hydrogen-bond donors (Lipinski definition) is 1. The molecule has 0 amide bonds. The smallest absolute Gasteiger partial charge is 0.105 e. The topological polar surface area (TPSA) is 38.0 Å². The molecule has 1 unspecified atom stereocenters. The summed E-state index contributed by atoms with van der Waals surface area (Å²) in [5.74, 6) is 2.15. The van der Waals surface area contributed by atoms with Crippen molar-refractivity contribution in [1.82, 2.24) is 9.55 Å². The van der Waals surface area contributed by atoms with E-state index in [-0.39, 0.29) is 6.61 Å². The lowest BCUT2D eigenvalue weighted by Crippen LogP contribution is -2.06. The van der Waals surface area contributed by atoms with Gasteiger partial charge >= 0.3 is 0 Å². The standard InChI is InChI=1S/C10H18N2OS/c1-9(3-7-13)14-8-6-12-5-4-11-10(12)2/h4-5,9,13H,3,6-8H2,1-2H3. The summed E-state index contributed by atoms with van der Waals surface area (Å²) in [6.45, 7) is 5.47. The molecule has 1 aromatic rings. The summed E-state index contributed by atoms with van der Waals surface area (Å²) in [5, 5.41) is 9.28. The van der Waals surface area contributed by atoms with E-state index in [0.29, 0.717) is 5.25 Å². The number of hydrogen-bond acceptors (Lipinski definition) is 3. The van der Waals surface area contributed by atoms with Gasteiger partial charge < -0.3 is 9.67 Å². The maximum absolute atomic E-state index is 8.74. The Morgan fingerprint density at radius 1 is 1.64 bits per heavy atom. The third kappa shape index (κ3) is 3.72. The Labute approximate surface area is 89.5 Å². The lowest BCUT2D eigenvalue weighted by Gasteiger charge is -2.10. The summed E-state index contributed by atoms with van der Waals surface area (Å²) in [6, 6.07) is 0. The average molecular weight is 214 g/mol. The van der Waals surface area contributed by atoms with Gasteiger partial charge in [-0.15, -0.1) is 0 Å². The highest BCUT2D eigenvalue weighted by Crippen LogP contribution is 2.14. The molecule has 0 spiro atoms. The first-order valence-electron chi connectivity index (χ1n) is 4.94. The van der Waals surface area contributed by atoms with Crippen LogP contribution in [0, 0.1) is 6.92 Å². The van der Waals surface area contributed by atoms with E-state index in [1.54, 1.807) is 0 Å². The predicted molar refractivity (Wildman–Crippen MR) is 60.6 cm³/mol. The number of aryl methyl sites for hydroxylation is 2. The molecule has 80 valence electrons. The van der Waals surface area contributed by atoms with Gasteiger partial charge in [0.05, 0.1) is 0 Å². The normalized spacial score (nSPS) is 13.1. The van der Waals surface area contributed by atoms with Crippen LogP contribution in [-0.4, -0.2) is 32.3 Å². The van der Waals surface area contributed by atoms with Crippen molar-refractivity contribution in [3.05, 3.63) is 18.2 Å².